The average Bonchev–Trinajstić information content (AvgIpc) is 4.01. The summed E-state index contributed by atoms with van der Waals surface area (Å²) >= 11 is 3.69. The summed E-state index contributed by atoms with van der Waals surface area (Å²) in [5.74, 6) is 3.25. The zero-order valence-electron chi connectivity index (χ0n) is 38.1. The second-order valence-corrected chi connectivity index (χ2v) is 20.5. The largest absolute Gasteiger partial charge is 0.458 e. The van der Waals surface area contributed by atoms with Gasteiger partial charge in [-0.1, -0.05) is 146 Å². The van der Waals surface area contributed by atoms with E-state index in [0.29, 0.717) is 0 Å². The van der Waals surface area contributed by atoms with Crippen LogP contribution in [0.4, 0.5) is 34.1 Å². The second-order valence-electron chi connectivity index (χ2n) is 18.4. The molecule has 11 aromatic carbocycles. The topological polar surface area (TPSA) is 24.9 Å². The van der Waals surface area contributed by atoms with Crippen LogP contribution in [-0.4, -0.2) is 6.71 Å². The molecule has 15 rings (SSSR count). The molecule has 4 heterocycles. The first-order valence-electron chi connectivity index (χ1n) is 24.0. The van der Waals surface area contributed by atoms with Crippen LogP contribution >= 0.6 is 22.7 Å². The summed E-state index contributed by atoms with van der Waals surface area (Å²) in [7, 11) is 0. The SMILES string of the molecule is c1ccc(N(c2ccc3c(c2)Oc2cc(-c4ccc5ccccc5c4)cc4c2B3c2ccc(N(c3ccccc3)c3cccc5c3sc3ccccc35)cc2O4)c2cccc3c2sc2ccccc23)cc1. The standard InChI is InChI=1S/C64H39BN2O2S2/c1-3-17-44(18-4-1)66(54-25-13-23-50-48-21-9-11-27-60(48)70-63(50)54)46-31-33-52-56(38-46)68-58-36-43(42-30-29-40-15-7-8-16-41(40)35-42)37-59-62(58)65(52)53-34-32-47(39-57(53)69-59)67(45-19-5-2-6-20-45)55-26-14-24-51-49-22-10-12-28-61(49)71-64(51)55/h1-39H. The Kier molecular flexibility index (Phi) is 9.06. The maximum absolute atomic E-state index is 7.22. The number of fused-ring (bicyclic) bond motifs is 11. The van der Waals surface area contributed by atoms with Crippen molar-refractivity contribution >= 4 is 131 Å². The van der Waals surface area contributed by atoms with E-state index in [-0.39, 0.29) is 6.71 Å². The molecule has 0 aliphatic carbocycles. The summed E-state index contributed by atoms with van der Waals surface area (Å²) in [5, 5.41) is 7.45. The molecule has 7 heteroatoms. The summed E-state index contributed by atoms with van der Waals surface area (Å²) < 4.78 is 19.5. The van der Waals surface area contributed by atoms with Gasteiger partial charge in [0.25, 0.3) is 6.71 Å². The lowest BCUT2D eigenvalue weighted by Gasteiger charge is -2.35. The Morgan fingerprint density at radius 3 is 1.35 bits per heavy atom. The third-order valence-corrected chi connectivity index (χ3v) is 16.7. The molecule has 0 fully saturated rings. The lowest BCUT2D eigenvalue weighted by atomic mass is 9.35. The molecule has 4 nitrogen and oxygen atoms in total. The lowest BCUT2D eigenvalue weighted by Crippen LogP contribution is -2.57. The third kappa shape index (κ3) is 6.44. The van der Waals surface area contributed by atoms with Crippen molar-refractivity contribution in [1.82, 2.24) is 0 Å². The van der Waals surface area contributed by atoms with Crippen molar-refractivity contribution < 1.29 is 9.47 Å². The van der Waals surface area contributed by atoms with Gasteiger partial charge in [-0.15, -0.1) is 22.7 Å². The van der Waals surface area contributed by atoms with Gasteiger partial charge in [0, 0.05) is 71.3 Å². The number of ether oxygens (including phenoxy) is 2. The van der Waals surface area contributed by atoms with Gasteiger partial charge in [-0.05, 0) is 112 Å². The van der Waals surface area contributed by atoms with Crippen LogP contribution in [-0.2, 0) is 0 Å². The zero-order valence-corrected chi connectivity index (χ0v) is 39.8. The molecule has 0 N–H and O–H groups in total. The van der Waals surface area contributed by atoms with E-state index in [4.69, 9.17) is 9.47 Å². The lowest BCUT2D eigenvalue weighted by molar-refractivity contribution is 0.465. The van der Waals surface area contributed by atoms with E-state index in [2.05, 4.69) is 246 Å². The Labute approximate surface area is 418 Å². The predicted octanol–water partition coefficient (Wildman–Crippen LogP) is 16.9. The monoisotopic (exact) mass is 942 g/mol. The summed E-state index contributed by atoms with van der Waals surface area (Å²) in [4.78, 5) is 4.76. The molecule has 2 aliphatic rings. The highest BCUT2D eigenvalue weighted by atomic mass is 32.1. The Morgan fingerprint density at radius 2 is 0.803 bits per heavy atom. The molecule has 0 saturated carbocycles. The molecule has 0 bridgehead atoms. The first-order valence-corrected chi connectivity index (χ1v) is 25.6. The van der Waals surface area contributed by atoms with Crippen LogP contribution in [0.5, 0.6) is 23.0 Å². The van der Waals surface area contributed by atoms with Crippen LogP contribution in [0.2, 0.25) is 0 Å². The number of hydrogen-bond donors (Lipinski definition) is 0. The predicted molar refractivity (Wildman–Crippen MR) is 302 cm³/mol. The molecular weight excluding hydrogens is 904 g/mol. The molecule has 0 amide bonds. The van der Waals surface area contributed by atoms with Gasteiger partial charge in [-0.3, -0.25) is 0 Å². The average molecular weight is 943 g/mol. The quantitative estimate of drug-likeness (QED) is 0.149. The van der Waals surface area contributed by atoms with Gasteiger partial charge in [0.05, 0.1) is 20.8 Å². The Balaban J connectivity index is 0.922. The van der Waals surface area contributed by atoms with Gasteiger partial charge in [0.2, 0.25) is 0 Å². The highest BCUT2D eigenvalue weighted by Gasteiger charge is 2.41. The normalized spacial score (nSPS) is 12.4. The fourth-order valence-corrected chi connectivity index (χ4v) is 13.5. The molecular formula is C64H39BN2O2S2. The molecule has 2 aromatic heterocycles. The maximum Gasteiger partial charge on any atom is 0.260 e. The number of hydrogen-bond acceptors (Lipinski definition) is 6. The first kappa shape index (κ1) is 40.3. The van der Waals surface area contributed by atoms with Crippen molar-refractivity contribution in [2.45, 2.75) is 0 Å². The summed E-state index contributed by atoms with van der Waals surface area (Å²) in [5.41, 5.74) is 11.8. The molecule has 13 aromatic rings. The van der Waals surface area contributed by atoms with Gasteiger partial charge >= 0.3 is 0 Å². The van der Waals surface area contributed by atoms with Gasteiger partial charge < -0.3 is 19.3 Å². The highest BCUT2D eigenvalue weighted by Crippen LogP contribution is 2.49. The van der Waals surface area contributed by atoms with Crippen molar-refractivity contribution in [2.24, 2.45) is 0 Å². The minimum Gasteiger partial charge on any atom is -0.458 e. The van der Waals surface area contributed by atoms with E-state index in [9.17, 15) is 0 Å². The number of anilines is 6. The van der Waals surface area contributed by atoms with Crippen LogP contribution in [0.15, 0.2) is 237 Å². The summed E-state index contributed by atoms with van der Waals surface area (Å²) in [6, 6.07) is 85.4. The van der Waals surface area contributed by atoms with Crippen LogP contribution in [0.3, 0.4) is 0 Å². The van der Waals surface area contributed by atoms with Crippen LogP contribution < -0.4 is 35.7 Å². The maximum atomic E-state index is 7.22. The smallest absolute Gasteiger partial charge is 0.260 e. The molecule has 0 radical (unpaired) electrons. The van der Waals surface area contributed by atoms with E-state index in [1.54, 1.807) is 0 Å². The molecule has 2 aliphatic heterocycles. The summed E-state index contributed by atoms with van der Waals surface area (Å²) in [6.07, 6.45) is 0. The number of thiophene rings is 2. The van der Waals surface area contributed by atoms with Crippen molar-refractivity contribution in [3.63, 3.8) is 0 Å². The summed E-state index contributed by atoms with van der Waals surface area (Å²) in [6.45, 7) is -0.145. The fraction of sp³-hybridized carbons (Fsp3) is 0. The van der Waals surface area contributed by atoms with E-state index in [1.807, 2.05) is 22.7 Å². The van der Waals surface area contributed by atoms with Crippen LogP contribution in [0, 0.1) is 0 Å². The second kappa shape index (κ2) is 16.0. The van der Waals surface area contributed by atoms with Gasteiger partial charge in [0.1, 0.15) is 23.0 Å². The molecule has 0 spiro atoms. The first-order chi connectivity index (χ1) is 35.2. The third-order valence-electron chi connectivity index (χ3n) is 14.3. The van der Waals surface area contributed by atoms with Crippen LogP contribution in [0.25, 0.3) is 62.2 Å². The van der Waals surface area contributed by atoms with Crippen LogP contribution in [0.1, 0.15) is 0 Å². The molecule has 0 atom stereocenters. The van der Waals surface area contributed by atoms with E-state index in [1.165, 1.54) is 51.1 Å². The van der Waals surface area contributed by atoms with E-state index < -0.39 is 0 Å². The number of rotatable bonds is 7. The molecule has 332 valence electrons. The minimum absolute atomic E-state index is 0.145. The Hall–Kier alpha value is -8.62. The molecule has 0 saturated heterocycles. The fourth-order valence-electron chi connectivity index (χ4n) is 11.1. The van der Waals surface area contributed by atoms with Crippen molar-refractivity contribution in [3.8, 4) is 34.1 Å². The zero-order chi connectivity index (χ0) is 46.6. The number of benzene rings is 11. The van der Waals surface area contributed by atoms with Gasteiger partial charge in [-0.25, -0.2) is 0 Å². The van der Waals surface area contributed by atoms with E-state index in [0.717, 1.165) is 84.6 Å². The molecule has 0 unspecified atom stereocenters. The van der Waals surface area contributed by atoms with Gasteiger partial charge in [-0.2, -0.15) is 0 Å². The Morgan fingerprint density at radius 1 is 0.324 bits per heavy atom. The van der Waals surface area contributed by atoms with Gasteiger partial charge in [0.15, 0.2) is 0 Å². The number of nitrogens with zero attached hydrogens (tertiary/aromatic N) is 2. The Bertz CT molecular complexity index is 4050. The molecule has 71 heavy (non-hydrogen) atoms. The minimum atomic E-state index is -0.145. The highest BCUT2D eigenvalue weighted by molar-refractivity contribution is 7.26. The van der Waals surface area contributed by atoms with Crippen molar-refractivity contribution in [2.75, 3.05) is 9.80 Å². The van der Waals surface area contributed by atoms with Crippen molar-refractivity contribution in [1.29, 1.82) is 0 Å². The van der Waals surface area contributed by atoms with Crippen molar-refractivity contribution in [3.05, 3.63) is 237 Å². The number of para-hydroxylation sites is 2. The van der Waals surface area contributed by atoms with E-state index >= 15 is 0 Å².